The zero-order valence-corrected chi connectivity index (χ0v) is 21.6. The van der Waals surface area contributed by atoms with Gasteiger partial charge in [0.2, 0.25) is 0 Å². The Balaban J connectivity index is 0.000000287. The van der Waals surface area contributed by atoms with E-state index in [0.29, 0.717) is 23.8 Å². The lowest BCUT2D eigenvalue weighted by Crippen LogP contribution is -2.22. The Hall–Kier alpha value is -3.70. The lowest BCUT2D eigenvalue weighted by atomic mass is 10.1. The normalized spacial score (nSPS) is 10.5. The van der Waals surface area contributed by atoms with Crippen molar-refractivity contribution in [1.82, 2.24) is 5.32 Å². The molecule has 0 fully saturated rings. The zero-order valence-electron chi connectivity index (χ0n) is 20.7. The number of nitrogens with one attached hydrogen (secondary N) is 1. The van der Waals surface area contributed by atoms with Crippen molar-refractivity contribution in [2.75, 3.05) is 0 Å². The minimum absolute atomic E-state index is 0.0956. The van der Waals surface area contributed by atoms with Crippen LogP contribution in [0.1, 0.15) is 43.7 Å². The number of hydrogen-bond acceptors (Lipinski definition) is 4. The second-order valence-corrected chi connectivity index (χ2v) is 9.36. The van der Waals surface area contributed by atoms with Crippen LogP contribution in [0.15, 0.2) is 89.9 Å². The Labute approximate surface area is 212 Å². The van der Waals surface area contributed by atoms with E-state index < -0.39 is 0 Å². The molecule has 4 aromatic rings. The van der Waals surface area contributed by atoms with Gasteiger partial charge in [0, 0.05) is 17.6 Å². The molecule has 0 saturated heterocycles. The van der Waals surface area contributed by atoms with Crippen molar-refractivity contribution in [3.8, 4) is 5.75 Å². The number of rotatable bonds is 7. The fourth-order valence-electron chi connectivity index (χ4n) is 3.39. The highest BCUT2D eigenvalue weighted by Crippen LogP contribution is 2.30. The van der Waals surface area contributed by atoms with Crippen molar-refractivity contribution in [1.29, 1.82) is 0 Å². The quantitative estimate of drug-likeness (QED) is 0.275. The molecule has 180 valence electrons. The number of carbonyl (C=O) groups is 1. The summed E-state index contributed by atoms with van der Waals surface area (Å²) in [5, 5.41) is 2.97. The van der Waals surface area contributed by atoms with Gasteiger partial charge < -0.3 is 10.1 Å². The molecule has 1 aromatic heterocycles. The number of carbonyl (C=O) groups excluding carboxylic acids is 1. The molecule has 0 atom stereocenters. The summed E-state index contributed by atoms with van der Waals surface area (Å²) >= 11 is 1.46. The van der Waals surface area contributed by atoms with Gasteiger partial charge in [0.05, 0.1) is 5.69 Å². The molecule has 5 heteroatoms. The maximum atomic E-state index is 12.5. The van der Waals surface area contributed by atoms with E-state index >= 15 is 0 Å². The topological polar surface area (TPSA) is 50.7 Å². The van der Waals surface area contributed by atoms with Crippen LogP contribution in [0.4, 0.5) is 5.69 Å². The Kier molecular flexibility index (Phi) is 9.81. The first-order valence-electron chi connectivity index (χ1n) is 11.6. The molecule has 1 amide bonds. The third-order valence-electron chi connectivity index (χ3n) is 5.35. The monoisotopic (exact) mass is 484 g/mol. The Morgan fingerprint density at radius 1 is 0.914 bits per heavy atom. The van der Waals surface area contributed by atoms with E-state index in [0.717, 1.165) is 21.7 Å². The van der Waals surface area contributed by atoms with Crippen LogP contribution < -0.4 is 10.1 Å². The molecular weight excluding hydrogens is 452 g/mol. The van der Waals surface area contributed by atoms with Gasteiger partial charge in [0.25, 0.3) is 5.91 Å². The lowest BCUT2D eigenvalue weighted by Gasteiger charge is -2.10. The number of amides is 1. The van der Waals surface area contributed by atoms with Crippen molar-refractivity contribution in [3.63, 3.8) is 0 Å². The summed E-state index contributed by atoms with van der Waals surface area (Å²) in [6.07, 6.45) is 1.81. The van der Waals surface area contributed by atoms with Crippen molar-refractivity contribution in [2.45, 2.75) is 40.8 Å². The van der Waals surface area contributed by atoms with Gasteiger partial charge in [-0.3, -0.25) is 9.79 Å². The Morgan fingerprint density at radius 3 is 2.26 bits per heavy atom. The predicted octanol–water partition coefficient (Wildman–Crippen LogP) is 7.59. The minimum atomic E-state index is -0.0956. The predicted molar refractivity (Wildman–Crippen MR) is 147 cm³/mol. The van der Waals surface area contributed by atoms with Crippen molar-refractivity contribution in [2.24, 2.45) is 4.99 Å². The number of nitrogens with zero attached hydrogens (tertiary/aromatic N) is 1. The first kappa shape index (κ1) is 25.9. The van der Waals surface area contributed by atoms with E-state index in [-0.39, 0.29) is 5.91 Å². The number of aliphatic imine (C=N–C) groups is 1. The fraction of sp³-hybridized carbons (Fsp3) is 0.200. The van der Waals surface area contributed by atoms with Crippen molar-refractivity contribution >= 4 is 29.1 Å². The average molecular weight is 485 g/mol. The van der Waals surface area contributed by atoms with E-state index in [9.17, 15) is 4.79 Å². The summed E-state index contributed by atoms with van der Waals surface area (Å²) in [6.45, 7) is 8.99. The largest absolute Gasteiger partial charge is 0.487 e. The zero-order chi connectivity index (χ0) is 25.0. The van der Waals surface area contributed by atoms with Gasteiger partial charge in [-0.25, -0.2) is 0 Å². The molecule has 0 bridgehead atoms. The second-order valence-electron chi connectivity index (χ2n) is 8.11. The molecule has 0 saturated carbocycles. The number of para-hydroxylation sites is 1. The molecule has 0 unspecified atom stereocenters. The molecule has 1 heterocycles. The number of thiophene rings is 1. The van der Waals surface area contributed by atoms with Gasteiger partial charge in [0.15, 0.2) is 0 Å². The summed E-state index contributed by atoms with van der Waals surface area (Å²) in [6, 6.07) is 28.0. The molecule has 0 spiro atoms. The molecule has 0 aliphatic heterocycles. The van der Waals surface area contributed by atoms with Crippen molar-refractivity contribution in [3.05, 3.63) is 117 Å². The highest BCUT2D eigenvalue weighted by atomic mass is 32.1. The van der Waals surface area contributed by atoms with E-state index in [1.54, 1.807) is 0 Å². The van der Waals surface area contributed by atoms with Crippen LogP contribution in [-0.4, -0.2) is 12.1 Å². The maximum Gasteiger partial charge on any atom is 0.265 e. The van der Waals surface area contributed by atoms with Crippen LogP contribution >= 0.6 is 11.3 Å². The molecular formula is C30H32N2O2S. The van der Waals surface area contributed by atoms with Gasteiger partial charge in [-0.2, -0.15) is 0 Å². The molecule has 1 N–H and O–H groups in total. The lowest BCUT2D eigenvalue weighted by molar-refractivity contribution is 0.0951. The number of hydrogen-bond donors (Lipinski definition) is 1. The first-order valence-corrected chi connectivity index (χ1v) is 12.4. The third-order valence-corrected chi connectivity index (χ3v) is 6.38. The summed E-state index contributed by atoms with van der Waals surface area (Å²) in [5.74, 6) is 0.554. The summed E-state index contributed by atoms with van der Waals surface area (Å²) in [7, 11) is 0. The van der Waals surface area contributed by atoms with Crippen LogP contribution in [0, 0.1) is 20.8 Å². The van der Waals surface area contributed by atoms with Crippen LogP contribution in [0.5, 0.6) is 5.75 Å². The average Bonchev–Trinajstić information content (AvgIpc) is 3.25. The molecule has 0 aliphatic carbocycles. The number of aryl methyl sites for hydroxylation is 3. The maximum absolute atomic E-state index is 12.5. The fourth-order valence-corrected chi connectivity index (χ4v) is 4.26. The smallest absolute Gasteiger partial charge is 0.265 e. The number of ether oxygens (including phenoxy) is 1. The third kappa shape index (κ3) is 7.94. The highest BCUT2D eigenvalue weighted by molar-refractivity contribution is 7.14. The minimum Gasteiger partial charge on any atom is -0.487 e. The van der Waals surface area contributed by atoms with Crippen LogP contribution in [0.25, 0.3) is 0 Å². The molecule has 4 rings (SSSR count). The SMILES string of the molecule is CC=Nc1ccccc1C.Cc1cc(OCc2ccccc2C)c(C(=O)NCc2ccccc2)s1. The van der Waals surface area contributed by atoms with Crippen molar-refractivity contribution < 1.29 is 9.53 Å². The Bertz CT molecular complexity index is 1260. The van der Waals surface area contributed by atoms with E-state index in [1.165, 1.54) is 22.5 Å². The van der Waals surface area contributed by atoms with Crippen LogP contribution in [0.2, 0.25) is 0 Å². The van der Waals surface area contributed by atoms with E-state index in [1.807, 2.05) is 92.9 Å². The van der Waals surface area contributed by atoms with E-state index in [4.69, 9.17) is 4.74 Å². The standard InChI is InChI=1S/C21H21NO2S.C9H11N/c1-15-8-6-7-11-18(15)14-24-19-12-16(2)25-20(19)21(23)22-13-17-9-4-3-5-10-17;1-3-10-9-7-5-4-6-8(9)2/h3-12H,13-14H2,1-2H3,(H,22,23);3-7H,1-2H3. The summed E-state index contributed by atoms with van der Waals surface area (Å²) in [5.41, 5.74) is 5.67. The molecule has 4 nitrogen and oxygen atoms in total. The highest BCUT2D eigenvalue weighted by Gasteiger charge is 2.16. The summed E-state index contributed by atoms with van der Waals surface area (Å²) < 4.78 is 5.95. The van der Waals surface area contributed by atoms with Gasteiger partial charge in [-0.1, -0.05) is 72.8 Å². The molecule has 0 aliphatic rings. The van der Waals surface area contributed by atoms with Gasteiger partial charge in [0.1, 0.15) is 17.2 Å². The Morgan fingerprint density at radius 2 is 1.57 bits per heavy atom. The second kappa shape index (κ2) is 13.3. The molecule has 0 radical (unpaired) electrons. The molecule has 35 heavy (non-hydrogen) atoms. The molecule has 3 aromatic carbocycles. The van der Waals surface area contributed by atoms with Gasteiger partial charge in [-0.05, 0) is 62.1 Å². The van der Waals surface area contributed by atoms with Gasteiger partial charge >= 0.3 is 0 Å². The summed E-state index contributed by atoms with van der Waals surface area (Å²) in [4.78, 5) is 18.4. The van der Waals surface area contributed by atoms with Crippen LogP contribution in [-0.2, 0) is 13.2 Å². The number of benzene rings is 3. The van der Waals surface area contributed by atoms with Gasteiger partial charge in [-0.15, -0.1) is 11.3 Å². The van der Waals surface area contributed by atoms with E-state index in [2.05, 4.69) is 36.3 Å². The first-order chi connectivity index (χ1) is 17.0. The van der Waals surface area contributed by atoms with Crippen LogP contribution in [0.3, 0.4) is 0 Å².